The fourth-order valence-corrected chi connectivity index (χ4v) is 4.02. The third-order valence-electron chi connectivity index (χ3n) is 3.50. The van der Waals surface area contributed by atoms with Crippen molar-refractivity contribution in [2.75, 3.05) is 30.3 Å². The van der Waals surface area contributed by atoms with E-state index in [1.54, 1.807) is 11.3 Å². The standard InChI is InChI=1S/C14H18N4OS2/c15-12-11(21-14(17-12)18-6-1-2-7-18)13(19)16-5-3-10-4-8-20-9-10/h4,8-9H,1-3,5-7,15H2,(H,16,19). The first kappa shape index (κ1) is 14.3. The Bertz CT molecular complexity index is 603. The SMILES string of the molecule is Nc1nc(N2CCCC2)sc1C(=O)NCCc1ccsc1. The third-order valence-corrected chi connectivity index (χ3v) is 5.37. The predicted molar refractivity (Wildman–Crippen MR) is 88.3 cm³/mol. The van der Waals surface area contributed by atoms with Gasteiger partial charge in [0.05, 0.1) is 0 Å². The second kappa shape index (κ2) is 6.44. The first-order valence-corrected chi connectivity index (χ1v) is 8.80. The summed E-state index contributed by atoms with van der Waals surface area (Å²) in [5.74, 6) is 0.223. The summed E-state index contributed by atoms with van der Waals surface area (Å²) in [7, 11) is 0. The molecular weight excluding hydrogens is 304 g/mol. The van der Waals surface area contributed by atoms with Crippen LogP contribution in [-0.4, -0.2) is 30.5 Å². The highest BCUT2D eigenvalue weighted by atomic mass is 32.1. The van der Waals surface area contributed by atoms with Gasteiger partial charge in [0.2, 0.25) is 0 Å². The molecule has 0 unspecified atom stereocenters. The maximum absolute atomic E-state index is 12.2. The van der Waals surface area contributed by atoms with Crippen LogP contribution in [0.15, 0.2) is 16.8 Å². The van der Waals surface area contributed by atoms with Crippen LogP contribution in [0.4, 0.5) is 10.9 Å². The Labute approximate surface area is 131 Å². The maximum atomic E-state index is 12.2. The number of rotatable bonds is 5. The minimum Gasteiger partial charge on any atom is -0.382 e. The van der Waals surface area contributed by atoms with Crippen LogP contribution in [0.3, 0.4) is 0 Å². The van der Waals surface area contributed by atoms with Crippen LogP contribution in [0, 0.1) is 0 Å². The average Bonchev–Trinajstić information content (AvgIpc) is 3.19. The molecular formula is C14H18N4OS2. The molecule has 1 fully saturated rings. The van der Waals surface area contributed by atoms with Crippen molar-refractivity contribution in [3.8, 4) is 0 Å². The lowest BCUT2D eigenvalue weighted by Gasteiger charge is -2.11. The lowest BCUT2D eigenvalue weighted by molar-refractivity contribution is 0.0959. The molecule has 21 heavy (non-hydrogen) atoms. The number of nitrogens with two attached hydrogens (primary N) is 1. The number of carbonyl (C=O) groups is 1. The molecule has 3 heterocycles. The van der Waals surface area contributed by atoms with Gasteiger partial charge in [-0.15, -0.1) is 0 Å². The van der Waals surface area contributed by atoms with Gasteiger partial charge in [-0.3, -0.25) is 4.79 Å². The maximum Gasteiger partial charge on any atom is 0.265 e. The van der Waals surface area contributed by atoms with Crippen molar-refractivity contribution < 1.29 is 4.79 Å². The predicted octanol–water partition coefficient (Wildman–Crippen LogP) is 2.36. The minimum atomic E-state index is -0.120. The van der Waals surface area contributed by atoms with E-state index in [9.17, 15) is 4.79 Å². The van der Waals surface area contributed by atoms with E-state index in [1.165, 1.54) is 29.7 Å². The van der Waals surface area contributed by atoms with Gasteiger partial charge < -0.3 is 16.0 Å². The van der Waals surface area contributed by atoms with E-state index in [1.807, 2.05) is 5.38 Å². The van der Waals surface area contributed by atoms with Crippen LogP contribution < -0.4 is 16.0 Å². The molecule has 0 bridgehead atoms. The number of nitrogen functional groups attached to an aromatic ring is 1. The third kappa shape index (κ3) is 3.36. The number of hydrogen-bond acceptors (Lipinski definition) is 6. The van der Waals surface area contributed by atoms with Gasteiger partial charge in [-0.1, -0.05) is 11.3 Å². The van der Waals surface area contributed by atoms with Crippen molar-refractivity contribution in [3.63, 3.8) is 0 Å². The number of amides is 1. The van der Waals surface area contributed by atoms with Gasteiger partial charge in [0, 0.05) is 19.6 Å². The van der Waals surface area contributed by atoms with Crippen molar-refractivity contribution in [2.45, 2.75) is 19.3 Å². The molecule has 2 aromatic heterocycles. The summed E-state index contributed by atoms with van der Waals surface area (Å²) in [5.41, 5.74) is 7.14. The molecule has 1 aliphatic heterocycles. The van der Waals surface area contributed by atoms with Gasteiger partial charge in [-0.2, -0.15) is 11.3 Å². The van der Waals surface area contributed by atoms with Crippen molar-refractivity contribution in [3.05, 3.63) is 27.3 Å². The lowest BCUT2D eigenvalue weighted by atomic mass is 10.2. The fourth-order valence-electron chi connectivity index (χ4n) is 2.36. The highest BCUT2D eigenvalue weighted by Gasteiger charge is 2.21. The summed E-state index contributed by atoms with van der Waals surface area (Å²) in [6.07, 6.45) is 3.20. The molecule has 3 rings (SSSR count). The molecule has 5 nitrogen and oxygen atoms in total. The zero-order valence-corrected chi connectivity index (χ0v) is 13.3. The number of hydrogen-bond donors (Lipinski definition) is 2. The van der Waals surface area contributed by atoms with E-state index in [4.69, 9.17) is 5.73 Å². The number of anilines is 2. The Morgan fingerprint density at radius 1 is 1.43 bits per heavy atom. The van der Waals surface area contributed by atoms with Crippen molar-refractivity contribution in [1.29, 1.82) is 0 Å². The molecule has 0 atom stereocenters. The number of thiophene rings is 1. The Kier molecular flexibility index (Phi) is 4.40. The van der Waals surface area contributed by atoms with Gasteiger partial charge in [0.1, 0.15) is 10.7 Å². The van der Waals surface area contributed by atoms with Crippen LogP contribution in [0.2, 0.25) is 0 Å². The van der Waals surface area contributed by atoms with Crippen molar-refractivity contribution in [2.24, 2.45) is 0 Å². The smallest absolute Gasteiger partial charge is 0.265 e. The molecule has 2 aromatic rings. The number of nitrogens with one attached hydrogen (secondary N) is 1. The quantitative estimate of drug-likeness (QED) is 0.886. The minimum absolute atomic E-state index is 0.120. The van der Waals surface area contributed by atoms with E-state index >= 15 is 0 Å². The molecule has 0 spiro atoms. The fraction of sp³-hybridized carbons (Fsp3) is 0.429. The van der Waals surface area contributed by atoms with Gasteiger partial charge in [0.15, 0.2) is 5.13 Å². The van der Waals surface area contributed by atoms with Crippen molar-refractivity contribution >= 4 is 39.5 Å². The zero-order chi connectivity index (χ0) is 14.7. The average molecular weight is 322 g/mol. The Balaban J connectivity index is 1.58. The van der Waals surface area contributed by atoms with Crippen LogP contribution >= 0.6 is 22.7 Å². The highest BCUT2D eigenvalue weighted by Crippen LogP contribution is 2.30. The van der Waals surface area contributed by atoms with Crippen LogP contribution in [0.1, 0.15) is 28.1 Å². The topological polar surface area (TPSA) is 71.2 Å². The summed E-state index contributed by atoms with van der Waals surface area (Å²) in [6.45, 7) is 2.63. The van der Waals surface area contributed by atoms with Gasteiger partial charge in [-0.25, -0.2) is 4.98 Å². The second-order valence-corrected chi connectivity index (χ2v) is 6.80. The molecule has 112 valence electrons. The lowest BCUT2D eigenvalue weighted by Crippen LogP contribution is -2.25. The zero-order valence-electron chi connectivity index (χ0n) is 11.7. The van der Waals surface area contributed by atoms with E-state index in [0.717, 1.165) is 24.6 Å². The first-order chi connectivity index (χ1) is 10.2. The first-order valence-electron chi connectivity index (χ1n) is 7.04. The second-order valence-electron chi connectivity index (χ2n) is 5.04. The number of aromatic nitrogens is 1. The molecule has 0 aliphatic carbocycles. The number of nitrogens with zero attached hydrogens (tertiary/aromatic N) is 2. The van der Waals surface area contributed by atoms with E-state index in [-0.39, 0.29) is 5.91 Å². The summed E-state index contributed by atoms with van der Waals surface area (Å²) in [6, 6.07) is 2.07. The van der Waals surface area contributed by atoms with Crippen molar-refractivity contribution in [1.82, 2.24) is 10.3 Å². The largest absolute Gasteiger partial charge is 0.382 e. The molecule has 1 aliphatic rings. The molecule has 0 radical (unpaired) electrons. The summed E-state index contributed by atoms with van der Waals surface area (Å²) in [5, 5.41) is 7.93. The van der Waals surface area contributed by atoms with Crippen LogP contribution in [-0.2, 0) is 6.42 Å². The molecule has 0 aromatic carbocycles. The normalized spacial score (nSPS) is 14.6. The highest BCUT2D eigenvalue weighted by molar-refractivity contribution is 7.18. The van der Waals surface area contributed by atoms with E-state index < -0.39 is 0 Å². The summed E-state index contributed by atoms with van der Waals surface area (Å²) >= 11 is 3.06. The molecule has 1 saturated heterocycles. The molecule has 0 saturated carbocycles. The Morgan fingerprint density at radius 2 is 2.24 bits per heavy atom. The van der Waals surface area contributed by atoms with Crippen LogP contribution in [0.25, 0.3) is 0 Å². The Morgan fingerprint density at radius 3 is 2.95 bits per heavy atom. The molecule has 3 N–H and O–H groups in total. The monoisotopic (exact) mass is 322 g/mol. The Hall–Kier alpha value is -1.60. The summed E-state index contributed by atoms with van der Waals surface area (Å²) in [4.78, 5) is 19.2. The van der Waals surface area contributed by atoms with Gasteiger partial charge in [-0.05, 0) is 41.7 Å². The number of carbonyl (C=O) groups excluding carboxylic acids is 1. The number of thiazole rings is 1. The van der Waals surface area contributed by atoms with E-state index in [2.05, 4.69) is 26.6 Å². The molecule has 1 amide bonds. The van der Waals surface area contributed by atoms with Crippen LogP contribution in [0.5, 0.6) is 0 Å². The van der Waals surface area contributed by atoms with Gasteiger partial charge in [0.25, 0.3) is 5.91 Å². The van der Waals surface area contributed by atoms with Gasteiger partial charge >= 0.3 is 0 Å². The summed E-state index contributed by atoms with van der Waals surface area (Å²) < 4.78 is 0. The van der Waals surface area contributed by atoms with E-state index in [0.29, 0.717) is 17.2 Å². The molecule has 7 heteroatoms.